The molecule has 2 heterocycles. The number of fused-ring (bicyclic) bond motifs is 11. The second-order valence-electron chi connectivity index (χ2n) is 13.4. The third kappa shape index (κ3) is 4.34. The summed E-state index contributed by atoms with van der Waals surface area (Å²) < 4.78 is 12.6. The van der Waals surface area contributed by atoms with Crippen LogP contribution in [-0.2, 0) is 6.42 Å². The van der Waals surface area contributed by atoms with E-state index >= 15 is 0 Å². The van der Waals surface area contributed by atoms with Gasteiger partial charge in [0.1, 0.15) is 16.7 Å². The lowest BCUT2D eigenvalue weighted by molar-refractivity contribution is 0.576. The second-order valence-corrected chi connectivity index (χ2v) is 13.4. The summed E-state index contributed by atoms with van der Waals surface area (Å²) in [6.07, 6.45) is 6.54. The summed E-state index contributed by atoms with van der Waals surface area (Å²) in [6, 6.07) is 49.5. The van der Waals surface area contributed by atoms with E-state index in [4.69, 9.17) is 8.83 Å². The largest absolute Gasteiger partial charge is 0.456 e. The van der Waals surface area contributed by atoms with E-state index in [9.17, 15) is 0 Å². The van der Waals surface area contributed by atoms with Crippen LogP contribution in [0, 0.1) is 0 Å². The van der Waals surface area contributed by atoms with E-state index in [0.29, 0.717) is 5.42 Å². The maximum absolute atomic E-state index is 6.42. The van der Waals surface area contributed by atoms with Gasteiger partial charge in [-0.1, -0.05) is 109 Å². The van der Waals surface area contributed by atoms with Gasteiger partial charge >= 0.3 is 0 Å². The lowest BCUT2D eigenvalue weighted by atomic mass is 9.84. The van der Waals surface area contributed by atoms with Gasteiger partial charge in [-0.2, -0.15) is 0 Å². The Balaban J connectivity index is 1.13. The van der Waals surface area contributed by atoms with Crippen LogP contribution in [0.25, 0.3) is 77.9 Å². The van der Waals surface area contributed by atoms with E-state index < -0.39 is 0 Å². The fourth-order valence-electron chi connectivity index (χ4n) is 8.19. The van der Waals surface area contributed by atoms with Crippen LogP contribution in [0.3, 0.4) is 0 Å². The number of furan rings is 2. The highest BCUT2D eigenvalue weighted by Crippen LogP contribution is 2.43. The molecule has 0 radical (unpaired) electrons. The van der Waals surface area contributed by atoms with Crippen LogP contribution in [0.15, 0.2) is 160 Å². The number of hydrogen-bond donors (Lipinski definition) is 0. The molecule has 2 aliphatic carbocycles. The van der Waals surface area contributed by atoms with Crippen LogP contribution in [-0.4, -0.2) is 0 Å². The highest BCUT2D eigenvalue weighted by atomic mass is 16.3. The summed E-state index contributed by atoms with van der Waals surface area (Å²) in [5.41, 5.74) is 18.3. The molecule has 0 bridgehead atoms. The molecule has 2 aromatic heterocycles. The minimum absolute atomic E-state index is 0.701. The highest BCUT2D eigenvalue weighted by molar-refractivity contribution is 6.12. The van der Waals surface area contributed by atoms with E-state index in [1.54, 1.807) is 0 Å². The molecule has 9 aromatic rings. The van der Waals surface area contributed by atoms with Gasteiger partial charge in [-0.3, -0.25) is 0 Å². The van der Waals surface area contributed by atoms with Crippen molar-refractivity contribution in [3.63, 3.8) is 0 Å². The maximum Gasteiger partial charge on any atom is 0.185 e. The Morgan fingerprint density at radius 3 is 2.16 bits per heavy atom. The first-order valence-corrected chi connectivity index (χ1v) is 17.5. The third-order valence-corrected chi connectivity index (χ3v) is 10.6. The van der Waals surface area contributed by atoms with Gasteiger partial charge in [0.05, 0.1) is 17.1 Å². The van der Waals surface area contributed by atoms with Gasteiger partial charge in [0.2, 0.25) is 0 Å². The van der Waals surface area contributed by atoms with E-state index in [1.165, 1.54) is 43.8 Å². The van der Waals surface area contributed by atoms with Crippen LogP contribution in [0.5, 0.6) is 0 Å². The van der Waals surface area contributed by atoms with Crippen molar-refractivity contribution in [1.82, 2.24) is 0 Å². The number of para-hydroxylation sites is 3. The molecule has 0 spiro atoms. The smallest absolute Gasteiger partial charge is 0.185 e. The lowest BCUT2D eigenvalue weighted by Crippen LogP contribution is -2.25. The monoisotopic (exact) mass is 651 g/mol. The molecule has 0 saturated carbocycles. The third-order valence-electron chi connectivity index (χ3n) is 10.6. The van der Waals surface area contributed by atoms with Crippen molar-refractivity contribution in [2.75, 3.05) is 4.90 Å². The quantitative estimate of drug-likeness (QED) is 0.140. The molecule has 238 valence electrons. The Labute approximate surface area is 293 Å². The van der Waals surface area contributed by atoms with E-state index in [1.807, 2.05) is 24.3 Å². The van der Waals surface area contributed by atoms with Crippen molar-refractivity contribution in [2.24, 2.45) is 0 Å². The van der Waals surface area contributed by atoms with E-state index in [0.717, 1.165) is 68.0 Å². The summed E-state index contributed by atoms with van der Waals surface area (Å²) in [5.74, 6) is 0. The molecule has 7 aromatic carbocycles. The molecule has 0 aliphatic heterocycles. The fraction of sp³-hybridized carbons (Fsp3) is 0.0417. The minimum Gasteiger partial charge on any atom is -0.456 e. The van der Waals surface area contributed by atoms with Crippen LogP contribution < -0.4 is 15.5 Å². The summed E-state index contributed by atoms with van der Waals surface area (Å²) in [7, 11) is 0. The first kappa shape index (κ1) is 28.1. The molecule has 3 nitrogen and oxygen atoms in total. The standard InChI is InChI=1S/C48H29NO2/c1-2-10-35-30(9-1)19-24-38-37(35)23-20-31-17-18-32(27-42(31)38)36-11-3-6-14-44(36)49(33-22-26-47-43(28-33)40-13-5-8-16-46(40)50-47)34-21-25-41-39-12-4-7-15-45(39)51-48(41)29-34/h1-16,19-21,23-25,27-29H,17-18H2. The molecular formula is C48H29NO2. The van der Waals surface area contributed by atoms with Gasteiger partial charge in [-0.15, -0.1) is 0 Å². The van der Waals surface area contributed by atoms with Gasteiger partial charge in [0.25, 0.3) is 0 Å². The van der Waals surface area contributed by atoms with Crippen LogP contribution in [0.1, 0.15) is 23.1 Å². The molecule has 0 unspecified atom stereocenters. The molecule has 0 fully saturated rings. The normalized spacial score (nSPS) is 13.6. The summed E-state index contributed by atoms with van der Waals surface area (Å²) in [4.78, 5) is 2.30. The zero-order valence-corrected chi connectivity index (χ0v) is 27.6. The molecule has 3 heteroatoms. The maximum atomic E-state index is 6.42. The van der Waals surface area contributed by atoms with Gasteiger partial charge < -0.3 is 13.7 Å². The molecule has 0 amide bonds. The van der Waals surface area contributed by atoms with Crippen molar-refractivity contribution in [2.45, 2.75) is 12.8 Å². The Hall–Kier alpha value is -6.76. The number of rotatable bonds is 4. The summed E-state index contributed by atoms with van der Waals surface area (Å²) >= 11 is 0. The Kier molecular flexibility index (Phi) is 5.99. The molecular weight excluding hydrogens is 623 g/mol. The van der Waals surface area contributed by atoms with Crippen molar-refractivity contribution in [3.8, 4) is 0 Å². The van der Waals surface area contributed by atoms with Crippen molar-refractivity contribution >= 4 is 89.3 Å². The predicted octanol–water partition coefficient (Wildman–Crippen LogP) is 11.2. The molecule has 0 atom stereocenters. The lowest BCUT2D eigenvalue weighted by Gasteiger charge is -2.29. The topological polar surface area (TPSA) is 29.5 Å². The number of hydrogen-bond acceptors (Lipinski definition) is 3. The zero-order chi connectivity index (χ0) is 33.5. The number of aryl methyl sites for hydroxylation is 1. The minimum atomic E-state index is 0.701. The Morgan fingerprint density at radius 2 is 1.24 bits per heavy atom. The number of nitrogens with zero attached hydrogens (tertiary/aromatic N) is 1. The summed E-state index contributed by atoms with van der Waals surface area (Å²) in [5, 5.41) is 9.44. The molecule has 51 heavy (non-hydrogen) atoms. The average molecular weight is 652 g/mol. The van der Waals surface area contributed by atoms with Crippen molar-refractivity contribution < 1.29 is 8.83 Å². The number of allylic oxidation sites excluding steroid dienone is 2. The molecule has 0 saturated heterocycles. The van der Waals surface area contributed by atoms with Gasteiger partial charge in [0.15, 0.2) is 5.42 Å². The Bertz CT molecular complexity index is 3180. The van der Waals surface area contributed by atoms with Gasteiger partial charge in [-0.25, -0.2) is 0 Å². The second kappa shape index (κ2) is 10.9. The van der Waals surface area contributed by atoms with Crippen LogP contribution in [0.4, 0.5) is 11.4 Å². The first-order valence-electron chi connectivity index (χ1n) is 17.5. The van der Waals surface area contributed by atoms with E-state index in [2.05, 4.69) is 144 Å². The van der Waals surface area contributed by atoms with Crippen LogP contribution in [0.2, 0.25) is 0 Å². The predicted molar refractivity (Wildman–Crippen MR) is 210 cm³/mol. The SMILES string of the molecule is C1=C=c2oc3ccccc3c2=CC=1N(c1ccc2c(c1)oc1ccccc12)c1ccccc1C1=Cc2c(ccc3c2ccc2ccccc23)CC1. The average Bonchev–Trinajstić information content (AvgIpc) is 3.75. The van der Waals surface area contributed by atoms with Crippen molar-refractivity contribution in [3.05, 3.63) is 178 Å². The van der Waals surface area contributed by atoms with Crippen molar-refractivity contribution in [1.29, 1.82) is 0 Å². The zero-order valence-electron chi connectivity index (χ0n) is 27.6. The Morgan fingerprint density at radius 1 is 0.510 bits per heavy atom. The van der Waals surface area contributed by atoms with Gasteiger partial charge in [0, 0.05) is 33.0 Å². The van der Waals surface area contributed by atoms with E-state index in [-0.39, 0.29) is 0 Å². The summed E-state index contributed by atoms with van der Waals surface area (Å²) in [6.45, 7) is 0. The number of benzene rings is 7. The molecule has 2 aliphatic rings. The fourth-order valence-corrected chi connectivity index (χ4v) is 8.19. The first-order chi connectivity index (χ1) is 25.3. The highest BCUT2D eigenvalue weighted by Gasteiger charge is 2.23. The molecule has 11 rings (SSSR count). The molecule has 0 N–H and O–H groups in total. The van der Waals surface area contributed by atoms with Gasteiger partial charge in [-0.05, 0) is 99.0 Å². The number of anilines is 2. The van der Waals surface area contributed by atoms with Crippen LogP contribution >= 0.6 is 0 Å².